The van der Waals surface area contributed by atoms with Gasteiger partial charge in [0, 0.05) is 29.9 Å². The fraction of sp³-hybridized carbons (Fsp3) is 0.105. The Morgan fingerprint density at radius 1 is 1.15 bits per heavy atom. The number of fused-ring (bicyclic) bond motifs is 1. The van der Waals surface area contributed by atoms with Gasteiger partial charge in [0.2, 0.25) is 5.91 Å². The van der Waals surface area contributed by atoms with Gasteiger partial charge in [0.25, 0.3) is 5.91 Å². The van der Waals surface area contributed by atoms with Crippen LogP contribution >= 0.6 is 11.6 Å². The van der Waals surface area contributed by atoms with E-state index in [1.165, 1.54) is 0 Å². The number of hydrogen-bond donors (Lipinski definition) is 2. The van der Waals surface area contributed by atoms with Crippen LogP contribution in [0.1, 0.15) is 22.3 Å². The molecule has 0 saturated heterocycles. The van der Waals surface area contributed by atoms with Crippen molar-refractivity contribution in [1.29, 1.82) is 0 Å². The molecule has 130 valence electrons. The molecule has 0 fully saturated rings. The Kier molecular flexibility index (Phi) is 4.18. The van der Waals surface area contributed by atoms with Gasteiger partial charge in [-0.1, -0.05) is 23.7 Å². The highest BCUT2D eigenvalue weighted by molar-refractivity contribution is 6.32. The largest absolute Gasteiger partial charge is 0.326 e. The van der Waals surface area contributed by atoms with E-state index in [0.29, 0.717) is 29.2 Å². The highest BCUT2D eigenvalue weighted by atomic mass is 35.5. The molecule has 0 unspecified atom stereocenters. The van der Waals surface area contributed by atoms with Crippen LogP contribution in [0.3, 0.4) is 0 Å². The van der Waals surface area contributed by atoms with E-state index >= 15 is 0 Å². The molecule has 0 aliphatic carbocycles. The first-order valence-corrected chi connectivity index (χ1v) is 8.53. The number of aromatic nitrogens is 2. The lowest BCUT2D eigenvalue weighted by molar-refractivity contribution is -0.116. The second kappa shape index (κ2) is 6.65. The first-order valence-electron chi connectivity index (χ1n) is 8.15. The van der Waals surface area contributed by atoms with Crippen LogP contribution in [0.2, 0.25) is 5.02 Å². The first kappa shape index (κ1) is 16.4. The number of rotatable bonds is 3. The number of nitrogens with one attached hydrogen (secondary N) is 2. The van der Waals surface area contributed by atoms with Crippen LogP contribution in [0.5, 0.6) is 0 Å². The summed E-state index contributed by atoms with van der Waals surface area (Å²) in [5, 5.41) is 10.5. The average molecular weight is 367 g/mol. The Hall–Kier alpha value is -3.12. The summed E-state index contributed by atoms with van der Waals surface area (Å²) in [6, 6.07) is 14.3. The van der Waals surface area contributed by atoms with Crippen LogP contribution in [0.15, 0.2) is 54.7 Å². The fourth-order valence-corrected chi connectivity index (χ4v) is 3.10. The summed E-state index contributed by atoms with van der Waals surface area (Å²) >= 11 is 6.17. The molecule has 2 N–H and O–H groups in total. The monoisotopic (exact) mass is 366 g/mol. The normalized spacial score (nSPS) is 13.0. The van der Waals surface area contributed by atoms with E-state index in [4.69, 9.17) is 11.6 Å². The molecule has 7 heteroatoms. The average Bonchev–Trinajstić information content (AvgIpc) is 3.09. The van der Waals surface area contributed by atoms with Crippen LogP contribution in [0.25, 0.3) is 5.69 Å². The van der Waals surface area contributed by atoms with Crippen LogP contribution in [-0.4, -0.2) is 21.6 Å². The molecule has 1 aliphatic rings. The zero-order valence-electron chi connectivity index (χ0n) is 13.7. The minimum atomic E-state index is -0.255. The minimum Gasteiger partial charge on any atom is -0.326 e. The molecule has 1 aliphatic heterocycles. The van der Waals surface area contributed by atoms with Crippen molar-refractivity contribution in [3.05, 3.63) is 70.9 Å². The number of amides is 2. The van der Waals surface area contributed by atoms with E-state index in [9.17, 15) is 9.59 Å². The zero-order valence-corrected chi connectivity index (χ0v) is 14.5. The summed E-state index contributed by atoms with van der Waals surface area (Å²) < 4.78 is 1.61. The van der Waals surface area contributed by atoms with Crippen LogP contribution in [-0.2, 0) is 11.2 Å². The summed E-state index contributed by atoms with van der Waals surface area (Å²) in [5.41, 5.74) is 2.98. The number of aryl methyl sites for hydroxylation is 1. The van der Waals surface area contributed by atoms with Crippen LogP contribution < -0.4 is 10.6 Å². The van der Waals surface area contributed by atoms with Crippen molar-refractivity contribution in [3.63, 3.8) is 0 Å². The van der Waals surface area contributed by atoms with E-state index in [1.807, 2.05) is 18.2 Å². The van der Waals surface area contributed by atoms with Crippen LogP contribution in [0, 0.1) is 0 Å². The third kappa shape index (κ3) is 3.19. The molecule has 26 heavy (non-hydrogen) atoms. The van der Waals surface area contributed by atoms with Gasteiger partial charge in [-0.3, -0.25) is 9.59 Å². The highest BCUT2D eigenvalue weighted by Gasteiger charge is 2.17. The molecular formula is C19H15ClN4O2. The molecular weight excluding hydrogens is 352 g/mol. The fourth-order valence-electron chi connectivity index (χ4n) is 2.88. The zero-order chi connectivity index (χ0) is 18.1. The number of benzene rings is 2. The van der Waals surface area contributed by atoms with Gasteiger partial charge >= 0.3 is 0 Å². The topological polar surface area (TPSA) is 76.0 Å². The lowest BCUT2D eigenvalue weighted by Crippen LogP contribution is -2.20. The molecule has 2 heterocycles. The molecule has 4 rings (SSSR count). The van der Waals surface area contributed by atoms with Crippen LogP contribution in [0.4, 0.5) is 11.5 Å². The van der Waals surface area contributed by atoms with E-state index in [1.54, 1.807) is 41.2 Å². The highest BCUT2D eigenvalue weighted by Crippen LogP contribution is 2.24. The Labute approximate surface area is 154 Å². The van der Waals surface area contributed by atoms with Crippen molar-refractivity contribution in [3.8, 4) is 5.69 Å². The Bertz CT molecular complexity index is 1010. The predicted molar refractivity (Wildman–Crippen MR) is 99.9 cm³/mol. The second-order valence-corrected chi connectivity index (χ2v) is 6.38. The number of halogens is 1. The maximum Gasteiger partial charge on any atom is 0.256 e. The van der Waals surface area contributed by atoms with Gasteiger partial charge in [-0.15, -0.1) is 5.10 Å². The van der Waals surface area contributed by atoms with E-state index in [-0.39, 0.29) is 11.8 Å². The van der Waals surface area contributed by atoms with Gasteiger partial charge in [0.05, 0.1) is 10.7 Å². The van der Waals surface area contributed by atoms with Crippen molar-refractivity contribution < 1.29 is 9.59 Å². The summed E-state index contributed by atoms with van der Waals surface area (Å²) in [7, 11) is 0. The Balaban J connectivity index is 1.52. The summed E-state index contributed by atoms with van der Waals surface area (Å²) in [5.74, 6) is 0.176. The number of para-hydroxylation sites is 1. The van der Waals surface area contributed by atoms with E-state index in [0.717, 1.165) is 16.9 Å². The molecule has 0 bridgehead atoms. The summed E-state index contributed by atoms with van der Waals surface area (Å²) in [6.07, 6.45) is 2.79. The smallest absolute Gasteiger partial charge is 0.256 e. The molecule has 0 saturated carbocycles. The van der Waals surface area contributed by atoms with Gasteiger partial charge in [-0.2, -0.15) is 0 Å². The first-order chi connectivity index (χ1) is 12.6. The Morgan fingerprint density at radius 3 is 2.85 bits per heavy atom. The molecule has 2 aromatic carbocycles. The lowest BCUT2D eigenvalue weighted by atomic mass is 10.00. The molecule has 0 atom stereocenters. The van der Waals surface area contributed by atoms with Crippen molar-refractivity contribution in [2.24, 2.45) is 0 Å². The van der Waals surface area contributed by atoms with Crippen molar-refractivity contribution in [2.75, 3.05) is 10.6 Å². The van der Waals surface area contributed by atoms with E-state index in [2.05, 4.69) is 15.7 Å². The summed E-state index contributed by atoms with van der Waals surface area (Å²) in [4.78, 5) is 23.9. The van der Waals surface area contributed by atoms with Crippen molar-refractivity contribution >= 4 is 34.9 Å². The SMILES string of the molecule is O=C1CCc2cc(C(=O)Nc3ccn(-c4ccccc4Cl)n3)ccc2N1. The summed E-state index contributed by atoms with van der Waals surface area (Å²) in [6.45, 7) is 0. The van der Waals surface area contributed by atoms with Gasteiger partial charge in [0.1, 0.15) is 0 Å². The minimum absolute atomic E-state index is 0.000172. The second-order valence-electron chi connectivity index (χ2n) is 5.97. The maximum absolute atomic E-state index is 12.5. The van der Waals surface area contributed by atoms with Crippen molar-refractivity contribution in [1.82, 2.24) is 9.78 Å². The maximum atomic E-state index is 12.5. The third-order valence-corrected chi connectivity index (χ3v) is 4.51. The number of anilines is 2. The molecule has 2 amide bonds. The van der Waals surface area contributed by atoms with Gasteiger partial charge < -0.3 is 10.6 Å². The number of nitrogens with zero attached hydrogens (tertiary/aromatic N) is 2. The van der Waals surface area contributed by atoms with Gasteiger partial charge in [-0.25, -0.2) is 4.68 Å². The quantitative estimate of drug-likeness (QED) is 0.742. The van der Waals surface area contributed by atoms with Gasteiger partial charge in [0.15, 0.2) is 5.82 Å². The molecule has 0 radical (unpaired) electrons. The number of hydrogen-bond acceptors (Lipinski definition) is 3. The molecule has 0 spiro atoms. The lowest BCUT2D eigenvalue weighted by Gasteiger charge is -2.17. The molecule has 6 nitrogen and oxygen atoms in total. The molecule has 1 aromatic heterocycles. The number of carbonyl (C=O) groups is 2. The van der Waals surface area contributed by atoms with Gasteiger partial charge in [-0.05, 0) is 42.3 Å². The Morgan fingerprint density at radius 2 is 2.00 bits per heavy atom. The van der Waals surface area contributed by atoms with Crippen molar-refractivity contribution in [2.45, 2.75) is 12.8 Å². The standard InChI is InChI=1S/C19H15ClN4O2/c20-14-3-1-2-4-16(14)24-10-9-17(23-24)22-19(26)13-5-7-15-12(11-13)6-8-18(25)21-15/h1-5,7,9-11H,6,8H2,(H,21,25)(H,22,23,26). The predicted octanol–water partition coefficient (Wildman–Crippen LogP) is 3.66. The third-order valence-electron chi connectivity index (χ3n) is 4.19. The van der Waals surface area contributed by atoms with E-state index < -0.39 is 0 Å². The molecule has 3 aromatic rings. The number of carbonyl (C=O) groups excluding carboxylic acids is 2.